The lowest BCUT2D eigenvalue weighted by atomic mass is 10.1. The van der Waals surface area contributed by atoms with E-state index < -0.39 is 33.7 Å². The number of nitrogens with zero attached hydrogens (tertiary/aromatic N) is 1. The zero-order chi connectivity index (χ0) is 23.5. The first-order chi connectivity index (χ1) is 15.2. The molecule has 9 nitrogen and oxygen atoms in total. The summed E-state index contributed by atoms with van der Waals surface area (Å²) in [6, 6.07) is 11.6. The minimum atomic E-state index is -4.38. The molecule has 0 aliphatic carbocycles. The normalized spacial score (nSPS) is 12.6. The summed E-state index contributed by atoms with van der Waals surface area (Å²) in [7, 11) is -4.38. The second-order valence-electron chi connectivity index (χ2n) is 7.13. The van der Waals surface area contributed by atoms with Crippen molar-refractivity contribution in [2.45, 2.75) is 38.1 Å². The zero-order valence-electron chi connectivity index (χ0n) is 17.6. The van der Waals surface area contributed by atoms with Gasteiger partial charge in [-0.2, -0.15) is 8.42 Å². The molecule has 0 fully saturated rings. The van der Waals surface area contributed by atoms with Crippen molar-refractivity contribution >= 4 is 43.8 Å². The Bertz CT molecular complexity index is 1280. The molecule has 32 heavy (non-hydrogen) atoms. The van der Waals surface area contributed by atoms with Gasteiger partial charge in [0.05, 0.1) is 5.52 Å². The molecule has 0 aliphatic rings. The molecule has 1 heterocycles. The molecular formula is C21H24N2O7S2. The highest BCUT2D eigenvalue weighted by Gasteiger charge is 2.30. The Balaban J connectivity index is 2.22. The van der Waals surface area contributed by atoms with Gasteiger partial charge in [-0.05, 0) is 37.1 Å². The van der Waals surface area contributed by atoms with Crippen molar-refractivity contribution in [3.63, 3.8) is 0 Å². The van der Waals surface area contributed by atoms with Crippen LogP contribution in [0.3, 0.4) is 0 Å². The fourth-order valence-electron chi connectivity index (χ4n) is 3.64. The number of aryl methyl sites for hydroxylation is 1. The van der Waals surface area contributed by atoms with Gasteiger partial charge in [-0.25, -0.2) is 4.21 Å². The van der Waals surface area contributed by atoms with Gasteiger partial charge in [-0.15, -0.1) is 0 Å². The number of anilines is 1. The molecule has 1 unspecified atom stereocenters. The molecule has 11 heteroatoms. The van der Waals surface area contributed by atoms with Gasteiger partial charge >= 0.3 is 16.1 Å². The molecule has 2 aromatic carbocycles. The molecule has 3 N–H and O–H groups in total. The molecule has 1 aromatic heterocycles. The van der Waals surface area contributed by atoms with Gasteiger partial charge in [-0.3, -0.25) is 4.79 Å². The van der Waals surface area contributed by atoms with E-state index in [1.54, 1.807) is 42.5 Å². The van der Waals surface area contributed by atoms with Crippen molar-refractivity contribution in [2.24, 2.45) is 0 Å². The van der Waals surface area contributed by atoms with E-state index in [4.69, 9.17) is 8.74 Å². The Hall–Kier alpha value is -2.89. The highest BCUT2D eigenvalue weighted by atomic mass is 32.2. The summed E-state index contributed by atoms with van der Waals surface area (Å²) >= 11 is -2.17. The molecule has 172 valence electrons. The van der Waals surface area contributed by atoms with Crippen LogP contribution in [0.4, 0.5) is 5.69 Å². The third kappa shape index (κ3) is 4.95. The molecule has 0 amide bonds. The first-order valence-electron chi connectivity index (χ1n) is 9.83. The Morgan fingerprint density at radius 2 is 1.91 bits per heavy atom. The number of para-hydroxylation sites is 1. The largest absolute Gasteiger partial charge is 0.480 e. The summed E-state index contributed by atoms with van der Waals surface area (Å²) in [4.78, 5) is 11.3. The number of hydrogen-bond acceptors (Lipinski definition) is 6. The van der Waals surface area contributed by atoms with Crippen LogP contribution >= 0.6 is 0 Å². The van der Waals surface area contributed by atoms with Crippen LogP contribution in [0.5, 0.6) is 5.75 Å². The Morgan fingerprint density at radius 1 is 1.19 bits per heavy atom. The van der Waals surface area contributed by atoms with Crippen LogP contribution in [0.25, 0.3) is 10.9 Å². The van der Waals surface area contributed by atoms with Gasteiger partial charge in [0, 0.05) is 16.8 Å². The van der Waals surface area contributed by atoms with Crippen molar-refractivity contribution in [1.29, 1.82) is 0 Å². The fourth-order valence-corrected chi connectivity index (χ4v) is 5.34. The molecule has 0 radical (unpaired) electrons. The van der Waals surface area contributed by atoms with Gasteiger partial charge in [0.2, 0.25) is 0 Å². The lowest BCUT2D eigenvalue weighted by molar-refractivity contribution is -0.137. The second-order valence-corrected chi connectivity index (χ2v) is 9.55. The van der Waals surface area contributed by atoms with Crippen LogP contribution < -0.4 is 9.50 Å². The summed E-state index contributed by atoms with van der Waals surface area (Å²) in [5, 5.41) is 12.3. The van der Waals surface area contributed by atoms with Crippen LogP contribution in [0.2, 0.25) is 0 Å². The van der Waals surface area contributed by atoms with Gasteiger partial charge in [-0.1, -0.05) is 37.6 Å². The molecule has 0 aliphatic heterocycles. The van der Waals surface area contributed by atoms with Crippen molar-refractivity contribution in [3.8, 4) is 5.75 Å². The van der Waals surface area contributed by atoms with E-state index in [9.17, 15) is 22.5 Å². The molecule has 0 bridgehead atoms. The third-order valence-electron chi connectivity index (χ3n) is 4.91. The smallest absolute Gasteiger partial charge is 0.341 e. The number of carbonyl (C=O) groups is 1. The maximum absolute atomic E-state index is 13.5. The highest BCUT2D eigenvalue weighted by Crippen LogP contribution is 2.37. The lowest BCUT2D eigenvalue weighted by Crippen LogP contribution is -2.14. The van der Waals surface area contributed by atoms with Gasteiger partial charge < -0.3 is 23.7 Å². The minimum absolute atomic E-state index is 0.188. The Labute approximate surface area is 188 Å². The Kier molecular flexibility index (Phi) is 7.22. The summed E-state index contributed by atoms with van der Waals surface area (Å²) < 4.78 is 54.2. The van der Waals surface area contributed by atoms with Gasteiger partial charge in [0.1, 0.15) is 23.1 Å². The van der Waals surface area contributed by atoms with Crippen LogP contribution in [-0.4, -0.2) is 38.7 Å². The predicted octanol–water partition coefficient (Wildman–Crippen LogP) is 3.35. The van der Waals surface area contributed by atoms with Gasteiger partial charge in [0.15, 0.2) is 11.1 Å². The average Bonchev–Trinajstić information content (AvgIpc) is 3.00. The molecule has 1 atom stereocenters. The maximum atomic E-state index is 13.5. The molecule has 0 saturated heterocycles. The van der Waals surface area contributed by atoms with E-state index in [1.165, 1.54) is 11.5 Å². The number of rotatable bonds is 10. The number of hydrogen-bond donors (Lipinski definition) is 3. The quantitative estimate of drug-likeness (QED) is 0.297. The fraction of sp³-hybridized carbons (Fsp3) is 0.286. The number of aliphatic carboxylic acids is 1. The summed E-state index contributed by atoms with van der Waals surface area (Å²) in [5.41, 5.74) is 1.55. The summed E-state index contributed by atoms with van der Waals surface area (Å²) in [6.07, 6.45) is 1.42. The molecule has 3 rings (SSSR count). The zero-order valence-corrected chi connectivity index (χ0v) is 19.2. The molecular weight excluding hydrogens is 456 g/mol. The summed E-state index contributed by atoms with van der Waals surface area (Å²) in [5.74, 6) is -1.27. The average molecular weight is 481 g/mol. The van der Waals surface area contributed by atoms with Crippen LogP contribution in [0.15, 0.2) is 47.4 Å². The number of fused-ring (bicyclic) bond motifs is 1. The topological polar surface area (TPSA) is 135 Å². The number of aromatic nitrogens is 1. The predicted molar refractivity (Wildman–Crippen MR) is 122 cm³/mol. The van der Waals surface area contributed by atoms with Crippen LogP contribution in [-0.2, 0) is 39.0 Å². The first-order valence-corrected chi connectivity index (χ1v) is 12.5. The monoisotopic (exact) mass is 480 g/mol. The first kappa shape index (κ1) is 23.8. The number of benzene rings is 2. The van der Waals surface area contributed by atoms with E-state index in [0.717, 1.165) is 12.0 Å². The van der Waals surface area contributed by atoms with Crippen molar-refractivity contribution in [3.05, 3.63) is 53.7 Å². The van der Waals surface area contributed by atoms with Gasteiger partial charge in [0.25, 0.3) is 0 Å². The molecule has 0 spiro atoms. The van der Waals surface area contributed by atoms with E-state index in [0.29, 0.717) is 11.9 Å². The standard InChI is InChI=1S/C21H24N2O7S2/c1-3-7-15-8-4-5-11-18(15)30-32(28,29)21-14(2)23(12-19(24)25)17-10-6-9-16(20(17)21)22-13-31(26)27/h4-6,8-11,22H,3,7,12-13H2,1-2H3,(H,24,25)(H,26,27). The SMILES string of the molecule is CCCc1ccccc1OS(=O)(=O)c1c(C)n(CC(=O)O)c2cccc(NCS(=O)O)c12. The van der Waals surface area contributed by atoms with Crippen molar-refractivity contribution < 1.29 is 31.3 Å². The third-order valence-corrected chi connectivity index (χ3v) is 6.70. The van der Waals surface area contributed by atoms with E-state index in [-0.39, 0.29) is 33.3 Å². The molecule has 0 saturated carbocycles. The molecule has 3 aromatic rings. The van der Waals surface area contributed by atoms with E-state index in [2.05, 4.69) is 5.32 Å². The number of carboxylic acid groups (broad SMARTS) is 1. The highest BCUT2D eigenvalue weighted by molar-refractivity contribution is 7.87. The maximum Gasteiger partial charge on any atom is 0.341 e. The van der Waals surface area contributed by atoms with E-state index in [1.807, 2.05) is 6.92 Å². The van der Waals surface area contributed by atoms with Crippen LogP contribution in [0, 0.1) is 6.92 Å². The minimum Gasteiger partial charge on any atom is -0.480 e. The number of nitrogens with one attached hydrogen (secondary N) is 1. The Morgan fingerprint density at radius 3 is 2.56 bits per heavy atom. The van der Waals surface area contributed by atoms with Crippen molar-refractivity contribution in [1.82, 2.24) is 4.57 Å². The number of carboxylic acids is 1. The van der Waals surface area contributed by atoms with Crippen LogP contribution in [0.1, 0.15) is 24.6 Å². The van der Waals surface area contributed by atoms with Crippen molar-refractivity contribution in [2.75, 3.05) is 11.2 Å². The van der Waals surface area contributed by atoms with E-state index >= 15 is 0 Å². The second kappa shape index (κ2) is 9.72. The summed E-state index contributed by atoms with van der Waals surface area (Å²) in [6.45, 7) is 3.02. The lowest BCUT2D eigenvalue weighted by Gasteiger charge is -2.12.